The second-order valence-electron chi connectivity index (χ2n) is 5.96. The van der Waals surface area contributed by atoms with Gasteiger partial charge in [0.1, 0.15) is 5.75 Å². The summed E-state index contributed by atoms with van der Waals surface area (Å²) in [6.07, 6.45) is 2.20. The van der Waals surface area contributed by atoms with E-state index < -0.39 is 0 Å². The van der Waals surface area contributed by atoms with Crippen molar-refractivity contribution in [3.8, 4) is 5.75 Å². The zero-order chi connectivity index (χ0) is 13.8. The van der Waals surface area contributed by atoms with Gasteiger partial charge in [0.2, 0.25) is 0 Å². The number of hydrogen-bond acceptors (Lipinski definition) is 2. The third kappa shape index (κ3) is 3.74. The lowest BCUT2D eigenvalue weighted by Gasteiger charge is -2.25. The molecule has 102 valence electrons. The second-order valence-corrected chi connectivity index (χ2v) is 5.96. The molecule has 0 bridgehead atoms. The minimum absolute atomic E-state index is 0.120. The van der Waals surface area contributed by atoms with Gasteiger partial charge in [-0.25, -0.2) is 0 Å². The highest BCUT2D eigenvalue weighted by Crippen LogP contribution is 2.35. The summed E-state index contributed by atoms with van der Waals surface area (Å²) in [5, 5.41) is 3.19. The van der Waals surface area contributed by atoms with Crippen LogP contribution in [0.2, 0.25) is 0 Å². The summed E-state index contributed by atoms with van der Waals surface area (Å²) in [6, 6.07) is 4.50. The number of aryl methyl sites for hydroxylation is 2. The van der Waals surface area contributed by atoms with Gasteiger partial charge < -0.3 is 10.1 Å². The summed E-state index contributed by atoms with van der Waals surface area (Å²) in [6.45, 7) is 9.92. The molecule has 0 radical (unpaired) electrons. The maximum atomic E-state index is 5.67. The van der Waals surface area contributed by atoms with E-state index in [4.69, 9.17) is 4.74 Å². The fourth-order valence-electron chi connectivity index (χ4n) is 2.29. The lowest BCUT2D eigenvalue weighted by molar-refractivity contribution is 0.391. The van der Waals surface area contributed by atoms with Crippen LogP contribution in [-0.4, -0.2) is 20.7 Å². The molecule has 0 spiro atoms. The van der Waals surface area contributed by atoms with Crippen molar-refractivity contribution in [1.82, 2.24) is 5.32 Å². The van der Waals surface area contributed by atoms with Crippen LogP contribution in [0.4, 0.5) is 0 Å². The lowest BCUT2D eigenvalue weighted by atomic mass is 9.83. The molecule has 0 saturated carbocycles. The molecule has 0 amide bonds. The average molecular weight is 249 g/mol. The molecule has 0 aliphatic carbocycles. The van der Waals surface area contributed by atoms with E-state index in [-0.39, 0.29) is 5.41 Å². The monoisotopic (exact) mass is 249 g/mol. The zero-order valence-corrected chi connectivity index (χ0v) is 12.7. The first kappa shape index (κ1) is 15.0. The van der Waals surface area contributed by atoms with Crippen LogP contribution in [0.25, 0.3) is 0 Å². The van der Waals surface area contributed by atoms with Crippen LogP contribution >= 0.6 is 0 Å². The third-order valence-corrected chi connectivity index (χ3v) is 3.20. The first-order valence-corrected chi connectivity index (χ1v) is 6.72. The van der Waals surface area contributed by atoms with Crippen molar-refractivity contribution in [2.24, 2.45) is 0 Å². The van der Waals surface area contributed by atoms with Crippen LogP contribution in [0.1, 0.15) is 43.9 Å². The average Bonchev–Trinajstić information content (AvgIpc) is 2.27. The molecule has 1 rings (SSSR count). The number of ether oxygens (including phenoxy) is 1. The fraction of sp³-hybridized carbons (Fsp3) is 0.625. The van der Waals surface area contributed by atoms with Gasteiger partial charge in [0.05, 0.1) is 7.11 Å². The lowest BCUT2D eigenvalue weighted by Crippen LogP contribution is -2.15. The summed E-state index contributed by atoms with van der Waals surface area (Å²) >= 11 is 0. The van der Waals surface area contributed by atoms with Crippen LogP contribution in [0.3, 0.4) is 0 Å². The van der Waals surface area contributed by atoms with Crippen LogP contribution in [0, 0.1) is 6.92 Å². The Labute approximate surface area is 112 Å². The van der Waals surface area contributed by atoms with E-state index in [0.29, 0.717) is 0 Å². The quantitative estimate of drug-likeness (QED) is 0.807. The standard InChI is InChI=1S/C16H27NO/c1-12-10-13(8-7-9-17-5)15(18-6)14(11-12)16(2,3)4/h10-11,17H,7-9H2,1-6H3. The summed E-state index contributed by atoms with van der Waals surface area (Å²) in [5.41, 5.74) is 4.08. The van der Waals surface area contributed by atoms with E-state index in [1.54, 1.807) is 7.11 Å². The number of benzene rings is 1. The number of methoxy groups -OCH3 is 1. The molecule has 1 aromatic carbocycles. The topological polar surface area (TPSA) is 21.3 Å². The Hall–Kier alpha value is -1.02. The molecule has 0 unspecified atom stereocenters. The fourth-order valence-corrected chi connectivity index (χ4v) is 2.29. The Morgan fingerprint density at radius 3 is 2.39 bits per heavy atom. The smallest absolute Gasteiger partial charge is 0.125 e. The van der Waals surface area contributed by atoms with E-state index in [1.807, 2.05) is 7.05 Å². The highest BCUT2D eigenvalue weighted by molar-refractivity contribution is 5.47. The van der Waals surface area contributed by atoms with Gasteiger partial charge in [-0.15, -0.1) is 0 Å². The van der Waals surface area contributed by atoms with Crippen LogP contribution < -0.4 is 10.1 Å². The minimum atomic E-state index is 0.120. The number of rotatable bonds is 5. The third-order valence-electron chi connectivity index (χ3n) is 3.20. The molecule has 0 aliphatic heterocycles. The van der Waals surface area contributed by atoms with Crippen LogP contribution in [0.15, 0.2) is 12.1 Å². The van der Waals surface area contributed by atoms with Crippen molar-refractivity contribution in [3.63, 3.8) is 0 Å². The SMILES string of the molecule is CNCCCc1cc(C)cc(C(C)(C)C)c1OC. The summed E-state index contributed by atoms with van der Waals surface area (Å²) in [4.78, 5) is 0. The molecule has 1 N–H and O–H groups in total. The normalized spacial score (nSPS) is 11.7. The van der Waals surface area contributed by atoms with Gasteiger partial charge in [0.25, 0.3) is 0 Å². The minimum Gasteiger partial charge on any atom is -0.496 e. The van der Waals surface area contributed by atoms with Crippen LogP contribution in [-0.2, 0) is 11.8 Å². The van der Waals surface area contributed by atoms with Crippen molar-refractivity contribution in [3.05, 3.63) is 28.8 Å². The van der Waals surface area contributed by atoms with E-state index >= 15 is 0 Å². The molecule has 2 heteroatoms. The van der Waals surface area contributed by atoms with Gasteiger partial charge in [-0.1, -0.05) is 38.5 Å². The Bertz CT molecular complexity index is 391. The summed E-state index contributed by atoms with van der Waals surface area (Å²) in [5.74, 6) is 1.07. The van der Waals surface area contributed by atoms with Crippen molar-refractivity contribution in [2.45, 2.75) is 46.0 Å². The molecule has 0 atom stereocenters. The van der Waals surface area contributed by atoms with Gasteiger partial charge in [-0.2, -0.15) is 0 Å². The molecule has 0 saturated heterocycles. The second kappa shape index (κ2) is 6.24. The van der Waals surface area contributed by atoms with Gasteiger partial charge >= 0.3 is 0 Å². The van der Waals surface area contributed by atoms with Crippen molar-refractivity contribution >= 4 is 0 Å². The van der Waals surface area contributed by atoms with Gasteiger partial charge in [0.15, 0.2) is 0 Å². The van der Waals surface area contributed by atoms with Crippen molar-refractivity contribution < 1.29 is 4.74 Å². The van der Waals surface area contributed by atoms with Crippen molar-refractivity contribution in [1.29, 1.82) is 0 Å². The summed E-state index contributed by atoms with van der Waals surface area (Å²) < 4.78 is 5.67. The number of hydrogen-bond donors (Lipinski definition) is 1. The molecule has 0 fully saturated rings. The van der Waals surface area contributed by atoms with E-state index in [0.717, 1.165) is 25.1 Å². The van der Waals surface area contributed by atoms with E-state index in [1.165, 1.54) is 16.7 Å². The summed E-state index contributed by atoms with van der Waals surface area (Å²) in [7, 11) is 3.77. The number of nitrogens with one attached hydrogen (secondary N) is 1. The predicted octanol–water partition coefficient (Wildman–Crippen LogP) is 3.45. The molecule has 0 aliphatic rings. The van der Waals surface area contributed by atoms with Gasteiger partial charge in [0, 0.05) is 5.56 Å². The highest BCUT2D eigenvalue weighted by atomic mass is 16.5. The largest absolute Gasteiger partial charge is 0.496 e. The zero-order valence-electron chi connectivity index (χ0n) is 12.7. The molecular formula is C16H27NO. The predicted molar refractivity (Wildman–Crippen MR) is 78.7 cm³/mol. The highest BCUT2D eigenvalue weighted by Gasteiger charge is 2.21. The Morgan fingerprint density at radius 1 is 1.22 bits per heavy atom. The molecule has 2 nitrogen and oxygen atoms in total. The molecular weight excluding hydrogens is 222 g/mol. The molecule has 1 aromatic rings. The van der Waals surface area contributed by atoms with Crippen molar-refractivity contribution in [2.75, 3.05) is 20.7 Å². The maximum absolute atomic E-state index is 5.67. The maximum Gasteiger partial charge on any atom is 0.125 e. The molecule has 0 heterocycles. The van der Waals surface area contributed by atoms with Crippen LogP contribution in [0.5, 0.6) is 5.75 Å². The van der Waals surface area contributed by atoms with E-state index in [9.17, 15) is 0 Å². The molecule has 0 aromatic heterocycles. The molecule has 18 heavy (non-hydrogen) atoms. The first-order chi connectivity index (χ1) is 8.40. The van der Waals surface area contributed by atoms with Gasteiger partial charge in [-0.05, 0) is 44.3 Å². The Morgan fingerprint density at radius 2 is 1.89 bits per heavy atom. The first-order valence-electron chi connectivity index (χ1n) is 6.72. The Kier molecular flexibility index (Phi) is 5.21. The van der Waals surface area contributed by atoms with Gasteiger partial charge in [-0.3, -0.25) is 0 Å². The Balaban J connectivity index is 3.12. The van der Waals surface area contributed by atoms with E-state index in [2.05, 4.69) is 45.1 Å².